The minimum Gasteiger partial charge on any atom is -1.00 e. The minimum atomic E-state index is -4.77. The third-order valence-corrected chi connectivity index (χ3v) is 5.65. The molecule has 0 spiro atoms. The summed E-state index contributed by atoms with van der Waals surface area (Å²) in [5.74, 6) is -3.24. The molecule has 1 aromatic carbocycles. The van der Waals surface area contributed by atoms with E-state index in [1.807, 2.05) is 0 Å². The number of nitro benzene ring substituents is 1. The van der Waals surface area contributed by atoms with E-state index in [2.05, 4.69) is 4.84 Å². The molecule has 2 amide bonds. The van der Waals surface area contributed by atoms with Gasteiger partial charge in [-0.2, -0.15) is 8.42 Å². The summed E-state index contributed by atoms with van der Waals surface area (Å²) in [5.41, 5.74) is 0.674. The van der Waals surface area contributed by atoms with Gasteiger partial charge in [0.05, 0.1) is 30.1 Å². The van der Waals surface area contributed by atoms with Crippen LogP contribution in [0, 0.1) is 10.1 Å². The molecule has 1 aliphatic heterocycles. The second-order valence-corrected chi connectivity index (χ2v) is 8.54. The summed E-state index contributed by atoms with van der Waals surface area (Å²) in [6, 6.07) is 4.31. The third kappa shape index (κ3) is 8.41. The number of aliphatic hydroxyl groups is 1. The average Bonchev–Trinajstić information content (AvgIpc) is 3.01. The Balaban J connectivity index is 0.00000544. The zero-order valence-corrected chi connectivity index (χ0v) is 20.7. The number of imide groups is 1. The molecule has 0 bridgehead atoms. The first kappa shape index (κ1) is 29.1. The fourth-order valence-corrected chi connectivity index (χ4v) is 3.64. The van der Waals surface area contributed by atoms with Crippen molar-refractivity contribution in [1.82, 2.24) is 5.06 Å². The smallest absolute Gasteiger partial charge is 1.00 e. The molecule has 1 saturated heterocycles. The van der Waals surface area contributed by atoms with Crippen LogP contribution in [-0.4, -0.2) is 57.7 Å². The number of carbonyl (C=O) groups is 3. The number of unbranched alkanes of at least 4 members (excludes halogenated alkanes) is 2. The van der Waals surface area contributed by atoms with Gasteiger partial charge in [0.25, 0.3) is 27.6 Å². The third-order valence-electron chi connectivity index (χ3n) is 4.56. The molecular weight excluding hydrogens is 475 g/mol. The van der Waals surface area contributed by atoms with E-state index >= 15 is 0 Å². The molecule has 1 atom stereocenters. The van der Waals surface area contributed by atoms with Crippen LogP contribution in [0.4, 0.5) is 5.69 Å². The van der Waals surface area contributed by atoms with Crippen LogP contribution in [0.2, 0.25) is 0 Å². The van der Waals surface area contributed by atoms with Crippen LogP contribution in [0.3, 0.4) is 0 Å². The number of amides is 2. The topological polar surface area (TPSA) is 191 Å². The van der Waals surface area contributed by atoms with Crippen LogP contribution in [-0.2, 0) is 47.3 Å². The zero-order chi connectivity index (χ0) is 23.9. The van der Waals surface area contributed by atoms with Crippen molar-refractivity contribution in [1.29, 1.82) is 0 Å². The molecule has 15 heteroatoms. The van der Waals surface area contributed by atoms with Crippen molar-refractivity contribution >= 4 is 33.6 Å². The van der Waals surface area contributed by atoms with E-state index < -0.39 is 51.1 Å². The Hall–Kier alpha value is -1.94. The number of nitro groups is 1. The fourth-order valence-electron chi connectivity index (χ4n) is 2.93. The Labute approximate surface area is 212 Å². The molecule has 0 aromatic heterocycles. The normalized spacial score (nSPS) is 15.9. The maximum Gasteiger partial charge on any atom is 1.00 e. The fraction of sp³-hybridized carbons (Fsp3) is 0.500. The van der Waals surface area contributed by atoms with Crippen LogP contribution in [0.15, 0.2) is 18.2 Å². The Kier molecular flexibility index (Phi) is 11.5. The van der Waals surface area contributed by atoms with E-state index in [1.54, 1.807) is 0 Å². The molecule has 13 nitrogen and oxygen atoms in total. The summed E-state index contributed by atoms with van der Waals surface area (Å²) >= 11 is 0. The molecular formula is C18H23N2NaO11S. The van der Waals surface area contributed by atoms with Crippen LogP contribution in [0.25, 0.3) is 0 Å². The van der Waals surface area contributed by atoms with Crippen molar-refractivity contribution in [2.45, 2.75) is 50.6 Å². The van der Waals surface area contributed by atoms with Crippen molar-refractivity contribution < 1.29 is 77.9 Å². The van der Waals surface area contributed by atoms with E-state index in [0.29, 0.717) is 31.4 Å². The second kappa shape index (κ2) is 13.1. The second-order valence-electron chi connectivity index (χ2n) is 6.94. The summed E-state index contributed by atoms with van der Waals surface area (Å²) in [6.45, 7) is 0.0477. The first-order valence-electron chi connectivity index (χ1n) is 9.53. The van der Waals surface area contributed by atoms with E-state index in [-0.39, 0.29) is 60.3 Å². The van der Waals surface area contributed by atoms with Gasteiger partial charge in [0.2, 0.25) is 0 Å². The average molecular weight is 498 g/mol. The predicted octanol–water partition coefficient (Wildman–Crippen LogP) is -2.25. The first-order chi connectivity index (χ1) is 15.0. The molecule has 33 heavy (non-hydrogen) atoms. The number of hydroxylamine groups is 2. The van der Waals surface area contributed by atoms with E-state index in [9.17, 15) is 38.0 Å². The minimum absolute atomic E-state index is 0. The van der Waals surface area contributed by atoms with Crippen LogP contribution >= 0.6 is 0 Å². The molecule has 0 saturated carbocycles. The maximum absolute atomic E-state index is 11.8. The van der Waals surface area contributed by atoms with Gasteiger partial charge in [0.1, 0.15) is 0 Å². The number of aliphatic hydroxyl groups excluding tert-OH is 1. The van der Waals surface area contributed by atoms with Crippen LogP contribution in [0.1, 0.15) is 44.7 Å². The van der Waals surface area contributed by atoms with Crippen molar-refractivity contribution in [3.8, 4) is 0 Å². The van der Waals surface area contributed by atoms with Gasteiger partial charge >= 0.3 is 35.5 Å². The van der Waals surface area contributed by atoms with Crippen LogP contribution in [0.5, 0.6) is 0 Å². The van der Waals surface area contributed by atoms with Crippen molar-refractivity contribution in [2.75, 3.05) is 6.61 Å². The molecule has 0 radical (unpaired) electrons. The number of benzene rings is 1. The van der Waals surface area contributed by atoms with Gasteiger partial charge in [-0.1, -0.05) is 6.42 Å². The first-order valence-corrected chi connectivity index (χ1v) is 11.0. The predicted molar refractivity (Wildman–Crippen MR) is 106 cm³/mol. The summed E-state index contributed by atoms with van der Waals surface area (Å²) in [6.07, 6.45) is 0.547. The van der Waals surface area contributed by atoms with Crippen molar-refractivity contribution in [2.24, 2.45) is 0 Å². The number of ether oxygens (including phenoxy) is 1. The Bertz CT molecular complexity index is 1010. The zero-order valence-electron chi connectivity index (χ0n) is 18.8. The monoisotopic (exact) mass is 498 g/mol. The standard InChI is InChI=1S/C18H22N2O11S.Na.H/c21-10-13-8-12(5-6-14(13)20(25)26)11-30-7-3-1-2-4-17(23)31-19-16(22)9-15(18(19)24)32(27,28)29;;/h5-6,8,15,21H,1-4,7,9-11H2,(H,27,28,29);;/q;+1;-1. The van der Waals surface area contributed by atoms with Crippen LogP contribution < -0.4 is 29.6 Å². The van der Waals surface area contributed by atoms with Gasteiger partial charge < -0.3 is 16.1 Å². The molecule has 1 unspecified atom stereocenters. The molecule has 1 heterocycles. The molecule has 1 aliphatic rings. The summed E-state index contributed by atoms with van der Waals surface area (Å²) in [4.78, 5) is 50.1. The van der Waals surface area contributed by atoms with Gasteiger partial charge in [-0.3, -0.25) is 24.3 Å². The molecule has 0 aliphatic carbocycles. The van der Waals surface area contributed by atoms with E-state index in [4.69, 9.17) is 9.29 Å². The van der Waals surface area contributed by atoms with Crippen molar-refractivity contribution in [3.05, 3.63) is 39.4 Å². The van der Waals surface area contributed by atoms with Gasteiger partial charge in [0.15, 0.2) is 5.25 Å². The number of rotatable bonds is 12. The van der Waals surface area contributed by atoms with E-state index in [1.165, 1.54) is 18.2 Å². The Morgan fingerprint density at radius 2 is 1.97 bits per heavy atom. The summed E-state index contributed by atoms with van der Waals surface area (Å²) in [5, 5.41) is 18.2. The van der Waals surface area contributed by atoms with Gasteiger partial charge in [0, 0.05) is 19.1 Å². The van der Waals surface area contributed by atoms with Crippen molar-refractivity contribution in [3.63, 3.8) is 0 Å². The molecule has 2 N–H and O–H groups in total. The SMILES string of the molecule is O=C(CCCCCOCc1ccc([N+](=O)[O-])c(CO)c1)ON1C(=O)CC(S(=O)(=O)O)C1=O.[H-].[Na+]. The largest absolute Gasteiger partial charge is 1.00 e. The number of hydrogen-bond acceptors (Lipinski definition) is 10. The molecule has 1 fully saturated rings. The summed E-state index contributed by atoms with van der Waals surface area (Å²) < 4.78 is 36.5. The Morgan fingerprint density at radius 1 is 1.27 bits per heavy atom. The summed E-state index contributed by atoms with van der Waals surface area (Å²) in [7, 11) is -4.77. The Morgan fingerprint density at radius 3 is 2.55 bits per heavy atom. The molecule has 1 aromatic rings. The van der Waals surface area contributed by atoms with Gasteiger partial charge in [-0.25, -0.2) is 4.79 Å². The van der Waals surface area contributed by atoms with E-state index in [0.717, 1.165) is 0 Å². The number of nitrogens with zero attached hydrogens (tertiary/aromatic N) is 2. The number of carbonyl (C=O) groups excluding carboxylic acids is 3. The number of hydrogen-bond donors (Lipinski definition) is 2. The van der Waals surface area contributed by atoms with Gasteiger partial charge in [-0.15, -0.1) is 5.06 Å². The molecule has 178 valence electrons. The molecule has 2 rings (SSSR count). The van der Waals surface area contributed by atoms with Gasteiger partial charge in [-0.05, 0) is 30.5 Å². The quantitative estimate of drug-likeness (QED) is 0.0790. The maximum atomic E-state index is 11.8.